The Balaban J connectivity index is 2.32. The Morgan fingerprint density at radius 3 is 2.43 bits per heavy atom. The number of hydrogen-bond acceptors (Lipinski definition) is 2. The summed E-state index contributed by atoms with van der Waals surface area (Å²) < 4.78 is 32.5. The van der Waals surface area contributed by atoms with Crippen LogP contribution in [0.25, 0.3) is 32.7 Å². The monoisotopic (exact) mass is 282 g/mol. The zero-order valence-corrected chi connectivity index (χ0v) is 10.7. The van der Waals surface area contributed by atoms with Crippen LogP contribution in [0.1, 0.15) is 0 Å². The highest BCUT2D eigenvalue weighted by atomic mass is 19.2. The zero-order valence-electron chi connectivity index (χ0n) is 10.7. The van der Waals surface area contributed by atoms with Crippen molar-refractivity contribution in [1.82, 2.24) is 0 Å². The third-order valence-corrected chi connectivity index (χ3v) is 3.60. The molecule has 0 aliphatic carbocycles. The quantitative estimate of drug-likeness (QED) is 0.354. The first-order chi connectivity index (χ1) is 10.1. The van der Waals surface area contributed by atoms with Crippen LogP contribution in [-0.4, -0.2) is 0 Å². The van der Waals surface area contributed by atoms with Gasteiger partial charge in [0.15, 0.2) is 11.6 Å². The Labute approximate surface area is 117 Å². The van der Waals surface area contributed by atoms with Crippen molar-refractivity contribution in [3.63, 3.8) is 0 Å². The normalized spacial score (nSPS) is 11.5. The molecule has 0 aliphatic rings. The highest BCUT2D eigenvalue weighted by Crippen LogP contribution is 2.27. The summed E-state index contributed by atoms with van der Waals surface area (Å²) in [6.07, 6.45) is 0. The van der Waals surface area contributed by atoms with Crippen LogP contribution < -0.4 is 5.43 Å². The van der Waals surface area contributed by atoms with Gasteiger partial charge in [-0.05, 0) is 41.1 Å². The molecule has 4 heteroatoms. The van der Waals surface area contributed by atoms with Crippen LogP contribution in [0.15, 0.2) is 57.7 Å². The fraction of sp³-hybridized carbons (Fsp3) is 0. The summed E-state index contributed by atoms with van der Waals surface area (Å²) >= 11 is 0. The fourth-order valence-corrected chi connectivity index (χ4v) is 2.61. The molecule has 2 nitrogen and oxygen atoms in total. The minimum atomic E-state index is -0.984. The van der Waals surface area contributed by atoms with E-state index >= 15 is 0 Å². The summed E-state index contributed by atoms with van der Waals surface area (Å²) in [7, 11) is 0. The molecule has 0 atom stereocenters. The van der Waals surface area contributed by atoms with Gasteiger partial charge in [0, 0.05) is 0 Å². The summed E-state index contributed by atoms with van der Waals surface area (Å²) in [4.78, 5) is 12.6. The zero-order chi connectivity index (χ0) is 14.6. The second-order valence-electron chi connectivity index (χ2n) is 4.85. The maximum absolute atomic E-state index is 13.5. The molecule has 102 valence electrons. The Kier molecular flexibility index (Phi) is 2.36. The minimum Gasteiger partial charge on any atom is -0.456 e. The summed E-state index contributed by atoms with van der Waals surface area (Å²) in [5.74, 6) is -1.92. The van der Waals surface area contributed by atoms with E-state index in [2.05, 4.69) is 0 Å². The maximum Gasteiger partial charge on any atom is 0.201 e. The van der Waals surface area contributed by atoms with Gasteiger partial charge in [-0.1, -0.05) is 18.2 Å². The van der Waals surface area contributed by atoms with Crippen molar-refractivity contribution in [1.29, 1.82) is 0 Å². The molecule has 0 unspecified atom stereocenters. The van der Waals surface area contributed by atoms with Crippen LogP contribution in [0.3, 0.4) is 0 Å². The average Bonchev–Trinajstić information content (AvgIpc) is 2.48. The van der Waals surface area contributed by atoms with E-state index in [0.29, 0.717) is 27.3 Å². The van der Waals surface area contributed by atoms with E-state index in [-0.39, 0.29) is 10.8 Å². The predicted octanol–water partition coefficient (Wildman–Crippen LogP) is 4.38. The molecule has 21 heavy (non-hydrogen) atoms. The van der Waals surface area contributed by atoms with Crippen molar-refractivity contribution in [3.8, 4) is 0 Å². The van der Waals surface area contributed by atoms with Gasteiger partial charge >= 0.3 is 0 Å². The van der Waals surface area contributed by atoms with Gasteiger partial charge in [-0.15, -0.1) is 0 Å². The topological polar surface area (TPSA) is 30.2 Å². The molecule has 0 aliphatic heterocycles. The van der Waals surface area contributed by atoms with Crippen LogP contribution in [0.4, 0.5) is 8.78 Å². The van der Waals surface area contributed by atoms with Gasteiger partial charge in [-0.25, -0.2) is 8.78 Å². The molecule has 1 aromatic heterocycles. The molecule has 0 spiro atoms. The SMILES string of the molecule is O=c1c2ccccc2oc2ccc3cc(F)c(F)cc3c12. The lowest BCUT2D eigenvalue weighted by Gasteiger charge is -2.05. The third-order valence-electron chi connectivity index (χ3n) is 3.60. The van der Waals surface area contributed by atoms with Crippen molar-refractivity contribution in [3.05, 3.63) is 70.4 Å². The largest absolute Gasteiger partial charge is 0.456 e. The van der Waals surface area contributed by atoms with Crippen LogP contribution >= 0.6 is 0 Å². The molecule has 3 aromatic carbocycles. The molecule has 1 heterocycles. The Hall–Kier alpha value is -2.75. The van der Waals surface area contributed by atoms with E-state index in [0.717, 1.165) is 12.1 Å². The number of para-hydroxylation sites is 1. The van der Waals surface area contributed by atoms with Crippen molar-refractivity contribution >= 4 is 32.7 Å². The summed E-state index contributed by atoms with van der Waals surface area (Å²) in [5, 5.41) is 1.50. The van der Waals surface area contributed by atoms with Crippen LogP contribution in [0.5, 0.6) is 0 Å². The van der Waals surface area contributed by atoms with Gasteiger partial charge in [0.05, 0.1) is 10.8 Å². The summed E-state index contributed by atoms with van der Waals surface area (Å²) in [6.45, 7) is 0. The third kappa shape index (κ3) is 1.65. The molecule has 0 amide bonds. The van der Waals surface area contributed by atoms with E-state index in [1.165, 1.54) is 0 Å². The molecule has 0 N–H and O–H groups in total. The average molecular weight is 282 g/mol. The van der Waals surface area contributed by atoms with Crippen LogP contribution in [-0.2, 0) is 0 Å². The van der Waals surface area contributed by atoms with Crippen LogP contribution in [0.2, 0.25) is 0 Å². The highest BCUT2D eigenvalue weighted by molar-refractivity contribution is 6.08. The number of halogens is 2. The number of benzene rings is 3. The lowest BCUT2D eigenvalue weighted by Crippen LogP contribution is -2.03. The molecule has 0 radical (unpaired) electrons. The minimum absolute atomic E-state index is 0.247. The van der Waals surface area contributed by atoms with Crippen molar-refractivity contribution in [2.24, 2.45) is 0 Å². The van der Waals surface area contributed by atoms with Gasteiger partial charge in [-0.3, -0.25) is 4.79 Å². The molecular formula is C17H8F2O2. The molecule has 0 fully saturated rings. The standard InChI is InChI=1S/C17H8F2O2/c18-12-7-9-5-6-15-16(11(9)8-13(12)19)17(20)10-3-1-2-4-14(10)21-15/h1-8H. The van der Waals surface area contributed by atoms with E-state index in [4.69, 9.17) is 4.42 Å². The Morgan fingerprint density at radius 2 is 1.57 bits per heavy atom. The molecule has 0 bridgehead atoms. The molecule has 4 aromatic rings. The first-order valence-electron chi connectivity index (χ1n) is 6.38. The Bertz CT molecular complexity index is 1080. The fourth-order valence-electron chi connectivity index (χ4n) is 2.61. The molecule has 4 rings (SSSR count). The van der Waals surface area contributed by atoms with E-state index in [1.807, 2.05) is 0 Å². The first kappa shape index (κ1) is 12.0. The van der Waals surface area contributed by atoms with Gasteiger partial charge in [0.2, 0.25) is 5.43 Å². The second-order valence-corrected chi connectivity index (χ2v) is 4.85. The van der Waals surface area contributed by atoms with Gasteiger partial charge < -0.3 is 4.42 Å². The summed E-state index contributed by atoms with van der Waals surface area (Å²) in [6, 6.07) is 12.2. The molecular weight excluding hydrogens is 274 g/mol. The molecule has 0 saturated carbocycles. The van der Waals surface area contributed by atoms with Crippen molar-refractivity contribution in [2.45, 2.75) is 0 Å². The van der Waals surface area contributed by atoms with Crippen LogP contribution in [0, 0.1) is 11.6 Å². The summed E-state index contributed by atoms with van der Waals surface area (Å²) in [5.41, 5.74) is 0.581. The lowest BCUT2D eigenvalue weighted by molar-refractivity contribution is 0.511. The maximum atomic E-state index is 13.5. The lowest BCUT2D eigenvalue weighted by atomic mass is 10.0. The predicted molar refractivity (Wildman–Crippen MR) is 77.4 cm³/mol. The number of rotatable bonds is 0. The number of hydrogen-bond donors (Lipinski definition) is 0. The van der Waals surface area contributed by atoms with Crippen molar-refractivity contribution in [2.75, 3.05) is 0 Å². The van der Waals surface area contributed by atoms with E-state index in [1.54, 1.807) is 36.4 Å². The number of fused-ring (bicyclic) bond motifs is 4. The van der Waals surface area contributed by atoms with E-state index in [9.17, 15) is 13.6 Å². The van der Waals surface area contributed by atoms with Gasteiger partial charge in [0.1, 0.15) is 11.2 Å². The van der Waals surface area contributed by atoms with Crippen molar-refractivity contribution < 1.29 is 13.2 Å². The second kappa shape index (κ2) is 4.12. The Morgan fingerprint density at radius 1 is 0.810 bits per heavy atom. The van der Waals surface area contributed by atoms with E-state index < -0.39 is 11.6 Å². The van der Waals surface area contributed by atoms with Gasteiger partial charge in [0.25, 0.3) is 0 Å². The molecule has 0 saturated heterocycles. The van der Waals surface area contributed by atoms with Gasteiger partial charge in [-0.2, -0.15) is 0 Å². The highest BCUT2D eigenvalue weighted by Gasteiger charge is 2.13. The smallest absolute Gasteiger partial charge is 0.201 e. The first-order valence-corrected chi connectivity index (χ1v) is 6.38.